The molecule has 1 aliphatic rings. The van der Waals surface area contributed by atoms with Gasteiger partial charge in [0.25, 0.3) is 0 Å². The summed E-state index contributed by atoms with van der Waals surface area (Å²) in [4.78, 5) is 0. The average molecular weight is 142 g/mol. The Hall–Kier alpha value is -0.0400. The van der Waals surface area contributed by atoms with Crippen molar-refractivity contribution in [3.8, 4) is 0 Å². The van der Waals surface area contributed by atoms with Crippen LogP contribution in [0.4, 0.5) is 0 Å². The normalized spacial score (nSPS) is 34.8. The lowest BCUT2D eigenvalue weighted by atomic mass is 9.94. The summed E-state index contributed by atoms with van der Waals surface area (Å²) in [6, 6.07) is 0. The van der Waals surface area contributed by atoms with Crippen LogP contribution in [0.5, 0.6) is 0 Å². The van der Waals surface area contributed by atoms with E-state index >= 15 is 0 Å². The molecule has 2 atom stereocenters. The van der Waals surface area contributed by atoms with E-state index in [1.807, 2.05) is 0 Å². The van der Waals surface area contributed by atoms with Crippen LogP contribution < -0.4 is 0 Å². The Labute approximate surface area is 63.8 Å². The third-order valence-electron chi connectivity index (χ3n) is 2.28. The molecule has 1 nitrogen and oxygen atoms in total. The summed E-state index contributed by atoms with van der Waals surface area (Å²) in [7, 11) is 0. The summed E-state index contributed by atoms with van der Waals surface area (Å²) in [5.41, 5.74) is 0. The van der Waals surface area contributed by atoms with Crippen LogP contribution in [0.15, 0.2) is 0 Å². The molecular weight excluding hydrogens is 124 g/mol. The van der Waals surface area contributed by atoms with Crippen molar-refractivity contribution >= 4 is 0 Å². The highest BCUT2D eigenvalue weighted by Crippen LogP contribution is 2.22. The number of ether oxygens (including phenoxy) is 1. The maximum atomic E-state index is 5.65. The van der Waals surface area contributed by atoms with Crippen molar-refractivity contribution < 1.29 is 4.74 Å². The van der Waals surface area contributed by atoms with E-state index in [4.69, 9.17) is 4.74 Å². The van der Waals surface area contributed by atoms with E-state index in [2.05, 4.69) is 20.8 Å². The van der Waals surface area contributed by atoms with Gasteiger partial charge in [-0.25, -0.2) is 0 Å². The molecule has 0 bridgehead atoms. The van der Waals surface area contributed by atoms with Crippen molar-refractivity contribution in [1.29, 1.82) is 0 Å². The Bertz CT molecular complexity index is 90.9. The summed E-state index contributed by atoms with van der Waals surface area (Å²) in [5, 5.41) is 0. The molecule has 0 N–H and O–H groups in total. The van der Waals surface area contributed by atoms with Crippen molar-refractivity contribution in [3.63, 3.8) is 0 Å². The standard InChI is InChI=1S/C9H18O/c1-7(2)9-5-4-8(3)6-10-9/h7-9H,4-6H2,1-3H3. The first-order chi connectivity index (χ1) is 4.70. The quantitative estimate of drug-likeness (QED) is 0.546. The van der Waals surface area contributed by atoms with Crippen LogP contribution in [-0.4, -0.2) is 12.7 Å². The number of rotatable bonds is 1. The van der Waals surface area contributed by atoms with Crippen molar-refractivity contribution in [2.45, 2.75) is 39.7 Å². The van der Waals surface area contributed by atoms with E-state index in [0.717, 1.165) is 12.5 Å². The monoisotopic (exact) mass is 142 g/mol. The molecule has 0 saturated carbocycles. The van der Waals surface area contributed by atoms with Crippen molar-refractivity contribution in [2.24, 2.45) is 11.8 Å². The fourth-order valence-corrected chi connectivity index (χ4v) is 1.43. The number of hydrogen-bond donors (Lipinski definition) is 0. The van der Waals surface area contributed by atoms with E-state index in [0.29, 0.717) is 12.0 Å². The van der Waals surface area contributed by atoms with Gasteiger partial charge in [0.1, 0.15) is 0 Å². The van der Waals surface area contributed by atoms with Crippen molar-refractivity contribution in [3.05, 3.63) is 0 Å². The van der Waals surface area contributed by atoms with Gasteiger partial charge in [0.2, 0.25) is 0 Å². The SMILES string of the molecule is CC1CCC(C(C)C)OC1. The lowest BCUT2D eigenvalue weighted by Crippen LogP contribution is -2.28. The molecule has 1 heteroatoms. The first-order valence-corrected chi connectivity index (χ1v) is 4.31. The van der Waals surface area contributed by atoms with Crippen LogP contribution in [0.25, 0.3) is 0 Å². The zero-order valence-corrected chi connectivity index (χ0v) is 7.26. The first-order valence-electron chi connectivity index (χ1n) is 4.31. The van der Waals surface area contributed by atoms with Gasteiger partial charge in [0.05, 0.1) is 6.10 Å². The topological polar surface area (TPSA) is 9.23 Å². The van der Waals surface area contributed by atoms with E-state index in [1.54, 1.807) is 0 Å². The lowest BCUT2D eigenvalue weighted by Gasteiger charge is -2.29. The number of hydrogen-bond acceptors (Lipinski definition) is 1. The molecule has 0 aromatic rings. The minimum absolute atomic E-state index is 0.538. The van der Waals surface area contributed by atoms with Crippen LogP contribution in [-0.2, 0) is 4.74 Å². The average Bonchev–Trinajstić information content (AvgIpc) is 1.88. The molecule has 0 aliphatic carbocycles. The van der Waals surface area contributed by atoms with E-state index in [-0.39, 0.29) is 0 Å². The fourth-order valence-electron chi connectivity index (χ4n) is 1.43. The summed E-state index contributed by atoms with van der Waals surface area (Å²) in [6.07, 6.45) is 3.15. The Balaban J connectivity index is 2.26. The molecule has 1 aliphatic heterocycles. The molecule has 0 radical (unpaired) electrons. The Kier molecular flexibility index (Phi) is 2.72. The summed E-state index contributed by atoms with van der Waals surface area (Å²) in [5.74, 6) is 1.49. The second-order valence-corrected chi connectivity index (χ2v) is 3.80. The highest BCUT2D eigenvalue weighted by Gasteiger charge is 2.20. The molecule has 1 heterocycles. The molecule has 0 amide bonds. The second-order valence-electron chi connectivity index (χ2n) is 3.80. The second kappa shape index (κ2) is 3.38. The molecule has 0 spiro atoms. The molecule has 1 fully saturated rings. The maximum Gasteiger partial charge on any atom is 0.0598 e. The van der Waals surface area contributed by atoms with Gasteiger partial charge in [-0.2, -0.15) is 0 Å². The zero-order chi connectivity index (χ0) is 7.56. The molecule has 2 unspecified atom stereocenters. The van der Waals surface area contributed by atoms with Gasteiger partial charge < -0.3 is 4.74 Å². The highest BCUT2D eigenvalue weighted by molar-refractivity contribution is 4.69. The van der Waals surface area contributed by atoms with Crippen LogP contribution in [0.2, 0.25) is 0 Å². The van der Waals surface area contributed by atoms with Gasteiger partial charge in [0, 0.05) is 6.61 Å². The van der Waals surface area contributed by atoms with E-state index in [1.165, 1.54) is 12.8 Å². The Morgan fingerprint density at radius 3 is 2.40 bits per heavy atom. The Morgan fingerprint density at radius 1 is 1.30 bits per heavy atom. The molecular formula is C9H18O. The third kappa shape index (κ3) is 1.98. The van der Waals surface area contributed by atoms with Crippen molar-refractivity contribution in [2.75, 3.05) is 6.61 Å². The largest absolute Gasteiger partial charge is 0.378 e. The van der Waals surface area contributed by atoms with Gasteiger partial charge in [-0.05, 0) is 24.7 Å². The summed E-state index contributed by atoms with van der Waals surface area (Å²) < 4.78 is 5.65. The van der Waals surface area contributed by atoms with Crippen LogP contribution >= 0.6 is 0 Å². The van der Waals surface area contributed by atoms with Crippen LogP contribution in [0.1, 0.15) is 33.6 Å². The summed E-state index contributed by atoms with van der Waals surface area (Å²) in [6.45, 7) is 7.71. The molecule has 1 saturated heterocycles. The lowest BCUT2D eigenvalue weighted by molar-refractivity contribution is -0.0351. The minimum Gasteiger partial charge on any atom is -0.378 e. The Morgan fingerprint density at radius 2 is 2.00 bits per heavy atom. The van der Waals surface area contributed by atoms with Gasteiger partial charge >= 0.3 is 0 Å². The maximum absolute atomic E-state index is 5.65. The van der Waals surface area contributed by atoms with E-state index in [9.17, 15) is 0 Å². The van der Waals surface area contributed by atoms with Gasteiger partial charge in [-0.15, -0.1) is 0 Å². The predicted molar refractivity (Wildman–Crippen MR) is 43.0 cm³/mol. The van der Waals surface area contributed by atoms with Gasteiger partial charge in [0.15, 0.2) is 0 Å². The molecule has 0 aromatic carbocycles. The fraction of sp³-hybridized carbons (Fsp3) is 1.00. The van der Waals surface area contributed by atoms with Crippen LogP contribution in [0, 0.1) is 11.8 Å². The molecule has 60 valence electrons. The smallest absolute Gasteiger partial charge is 0.0598 e. The molecule has 10 heavy (non-hydrogen) atoms. The van der Waals surface area contributed by atoms with Gasteiger partial charge in [-0.3, -0.25) is 0 Å². The predicted octanol–water partition coefficient (Wildman–Crippen LogP) is 2.46. The first kappa shape index (κ1) is 8.06. The van der Waals surface area contributed by atoms with Crippen molar-refractivity contribution in [1.82, 2.24) is 0 Å². The van der Waals surface area contributed by atoms with Crippen LogP contribution in [0.3, 0.4) is 0 Å². The van der Waals surface area contributed by atoms with Gasteiger partial charge in [-0.1, -0.05) is 20.8 Å². The highest BCUT2D eigenvalue weighted by atomic mass is 16.5. The summed E-state index contributed by atoms with van der Waals surface area (Å²) >= 11 is 0. The third-order valence-corrected chi connectivity index (χ3v) is 2.28. The molecule has 0 aromatic heterocycles. The minimum atomic E-state index is 0.538. The molecule has 1 rings (SSSR count). The zero-order valence-electron chi connectivity index (χ0n) is 7.26. The van der Waals surface area contributed by atoms with E-state index < -0.39 is 0 Å².